The van der Waals surface area contributed by atoms with Crippen molar-refractivity contribution in [2.45, 2.75) is 129 Å². The van der Waals surface area contributed by atoms with E-state index >= 15 is 0 Å². The summed E-state index contributed by atoms with van der Waals surface area (Å²) in [4.78, 5) is 5.84. The van der Waals surface area contributed by atoms with E-state index in [0.717, 1.165) is 11.0 Å². The molecule has 0 unspecified atom stereocenters. The Hall–Kier alpha value is -1.64. The molecule has 0 atom stereocenters. The van der Waals surface area contributed by atoms with Gasteiger partial charge >= 0.3 is 0 Å². The lowest BCUT2D eigenvalue weighted by molar-refractivity contribution is 0.333. The Kier molecular flexibility index (Phi) is 10.5. The van der Waals surface area contributed by atoms with Crippen molar-refractivity contribution < 1.29 is 0 Å². The summed E-state index contributed by atoms with van der Waals surface area (Å²) in [5.74, 6) is 0. The molecule has 0 saturated heterocycles. The molecule has 0 N–H and O–H groups in total. The Bertz CT molecular complexity index is 1630. The smallest absolute Gasteiger partial charge is 0.114 e. The van der Waals surface area contributed by atoms with E-state index in [1.54, 1.807) is 9.75 Å². The lowest BCUT2D eigenvalue weighted by Gasteiger charge is -2.32. The van der Waals surface area contributed by atoms with Crippen LogP contribution in [-0.2, 0) is 10.8 Å². The maximum atomic E-state index is 4.86. The molecule has 7 heteroatoms. The number of hydrogen-bond acceptors (Lipinski definition) is 7. The van der Waals surface area contributed by atoms with E-state index in [9.17, 15) is 0 Å². The number of nitrogens with zero attached hydrogens (tertiary/aromatic N) is 2. The minimum Gasteiger partial charge on any atom is -0.172 e. The second-order valence-corrected chi connectivity index (χ2v) is 17.9. The minimum atomic E-state index is 0.342. The molecule has 2 nitrogen and oxygen atoms in total. The first kappa shape index (κ1) is 33.3. The van der Waals surface area contributed by atoms with Crippen LogP contribution in [0.15, 0.2) is 36.4 Å². The van der Waals surface area contributed by atoms with Crippen molar-refractivity contribution in [2.24, 2.45) is 0 Å². The fourth-order valence-electron chi connectivity index (χ4n) is 8.08. The summed E-state index contributed by atoms with van der Waals surface area (Å²) < 4.78 is 15.4. The second-order valence-electron chi connectivity index (χ2n) is 13.1. The number of hydrogen-bond donors (Lipinski definition) is 0. The summed E-state index contributed by atoms with van der Waals surface area (Å²) in [6, 6.07) is 14.5. The summed E-state index contributed by atoms with van der Waals surface area (Å²) in [5.41, 5.74) is 5.23. The van der Waals surface area contributed by atoms with Crippen molar-refractivity contribution in [2.75, 3.05) is 0 Å². The van der Waals surface area contributed by atoms with E-state index in [1.165, 1.54) is 128 Å². The van der Waals surface area contributed by atoms with Crippen LogP contribution in [0.2, 0.25) is 0 Å². The molecule has 5 aromatic heterocycles. The number of benzene rings is 1. The molecule has 0 fully saturated rings. The normalized spacial score (nSPS) is 12.8. The molecular formula is C38H48N2S5. The Morgan fingerprint density at radius 3 is 1.11 bits per heavy atom. The fraction of sp³-hybridized carbons (Fsp3) is 0.526. The van der Waals surface area contributed by atoms with Gasteiger partial charge in [-0.25, -0.2) is 0 Å². The summed E-state index contributed by atoms with van der Waals surface area (Å²) in [7, 11) is 0. The zero-order valence-electron chi connectivity index (χ0n) is 27.9. The van der Waals surface area contributed by atoms with Gasteiger partial charge in [0, 0.05) is 60.3 Å². The first-order valence-electron chi connectivity index (χ1n) is 17.3. The van der Waals surface area contributed by atoms with E-state index in [1.807, 2.05) is 45.3 Å². The molecule has 45 heavy (non-hydrogen) atoms. The van der Waals surface area contributed by atoms with Crippen molar-refractivity contribution in [3.05, 3.63) is 46.2 Å². The van der Waals surface area contributed by atoms with Crippen LogP contribution in [0.5, 0.6) is 0 Å². The molecule has 0 spiro atoms. The molecule has 0 amide bonds. The number of fused-ring (bicyclic) bond motifs is 3. The van der Waals surface area contributed by atoms with Crippen LogP contribution in [0, 0.1) is 0 Å². The molecule has 0 saturated carbocycles. The highest BCUT2D eigenvalue weighted by atomic mass is 32.1. The summed E-state index contributed by atoms with van der Waals surface area (Å²) in [5, 5.41) is 0. The van der Waals surface area contributed by atoms with E-state index < -0.39 is 0 Å². The Labute approximate surface area is 290 Å². The number of aromatic nitrogens is 2. The van der Waals surface area contributed by atoms with Crippen LogP contribution >= 0.6 is 57.1 Å². The van der Waals surface area contributed by atoms with Gasteiger partial charge in [-0.2, -0.15) is 8.75 Å². The van der Waals surface area contributed by atoms with Gasteiger partial charge in [0.25, 0.3) is 0 Å². The van der Waals surface area contributed by atoms with E-state index in [2.05, 4.69) is 77.9 Å². The number of thiophene rings is 4. The second kappa shape index (κ2) is 14.2. The third kappa shape index (κ3) is 6.22. The molecule has 5 heterocycles. The van der Waals surface area contributed by atoms with Crippen LogP contribution in [0.3, 0.4) is 0 Å². The van der Waals surface area contributed by atoms with Crippen molar-refractivity contribution >= 4 is 86.9 Å². The monoisotopic (exact) mass is 692 g/mol. The van der Waals surface area contributed by atoms with Crippen molar-refractivity contribution in [1.29, 1.82) is 0 Å². The topological polar surface area (TPSA) is 25.8 Å². The molecule has 240 valence electrons. The Balaban J connectivity index is 1.33. The van der Waals surface area contributed by atoms with Crippen LogP contribution in [0.1, 0.15) is 128 Å². The van der Waals surface area contributed by atoms with E-state index in [-0.39, 0.29) is 0 Å². The predicted molar refractivity (Wildman–Crippen MR) is 208 cm³/mol. The zero-order chi connectivity index (χ0) is 31.6. The maximum Gasteiger partial charge on any atom is 0.114 e. The van der Waals surface area contributed by atoms with Gasteiger partial charge in [0.2, 0.25) is 0 Å². The standard InChI is InChI=1S/C38H48N2S5/c1-7-15-37(16-8-2,17-9-3)33-23-31-29(43-33)21-27(41-31)25-13-14-26(36-35(25)39-45-40-36)28-22-30-32(42-28)24-34(44-30)38(18-10-4,19-11-5)20-12-6/h13-14,21-24H,7-12,15-20H2,1-6H3. The van der Waals surface area contributed by atoms with Gasteiger partial charge in [-0.05, 0) is 62.8 Å². The predicted octanol–water partition coefficient (Wildman–Crippen LogP) is 14.9. The Morgan fingerprint density at radius 2 is 0.800 bits per heavy atom. The summed E-state index contributed by atoms with van der Waals surface area (Å²) >= 11 is 9.30. The SMILES string of the molecule is CCCC(CCC)(CCC)c1cc2sc(-c3ccc(-c4cc5sc(C(CCC)(CCC)CCC)cc5s4)c4nsnc34)cc2s1. The van der Waals surface area contributed by atoms with Gasteiger partial charge < -0.3 is 0 Å². The highest BCUT2D eigenvalue weighted by Gasteiger charge is 2.33. The van der Waals surface area contributed by atoms with E-state index in [4.69, 9.17) is 8.75 Å². The van der Waals surface area contributed by atoms with Crippen LogP contribution in [-0.4, -0.2) is 8.75 Å². The average Bonchev–Trinajstić information content (AvgIpc) is 3.83. The van der Waals surface area contributed by atoms with Gasteiger partial charge in [-0.1, -0.05) is 92.2 Å². The molecule has 6 aromatic rings. The number of rotatable bonds is 16. The zero-order valence-corrected chi connectivity index (χ0v) is 32.0. The van der Waals surface area contributed by atoms with E-state index in [0.29, 0.717) is 10.8 Å². The Morgan fingerprint density at radius 1 is 0.467 bits per heavy atom. The average molecular weight is 693 g/mol. The molecule has 0 aliphatic heterocycles. The van der Waals surface area contributed by atoms with Gasteiger partial charge in [-0.3, -0.25) is 0 Å². The van der Waals surface area contributed by atoms with Gasteiger partial charge in [-0.15, -0.1) is 45.3 Å². The minimum absolute atomic E-state index is 0.342. The highest BCUT2D eigenvalue weighted by molar-refractivity contribution is 7.30. The summed E-state index contributed by atoms with van der Waals surface area (Å²) in [6.07, 6.45) is 15.2. The first-order valence-corrected chi connectivity index (χ1v) is 21.3. The maximum absolute atomic E-state index is 4.86. The van der Waals surface area contributed by atoms with Gasteiger partial charge in [0.15, 0.2) is 0 Å². The molecule has 0 aliphatic rings. The molecular weight excluding hydrogens is 645 g/mol. The largest absolute Gasteiger partial charge is 0.172 e. The quantitative estimate of drug-likeness (QED) is 0.101. The van der Waals surface area contributed by atoms with Crippen molar-refractivity contribution in [3.63, 3.8) is 0 Å². The molecule has 0 aliphatic carbocycles. The molecule has 0 bridgehead atoms. The van der Waals surface area contributed by atoms with Crippen LogP contribution < -0.4 is 0 Å². The van der Waals surface area contributed by atoms with Gasteiger partial charge in [0.1, 0.15) is 11.0 Å². The lowest BCUT2D eigenvalue weighted by Crippen LogP contribution is -2.24. The van der Waals surface area contributed by atoms with Crippen LogP contribution in [0.25, 0.3) is 50.7 Å². The molecule has 6 rings (SSSR count). The van der Waals surface area contributed by atoms with Crippen LogP contribution in [0.4, 0.5) is 0 Å². The third-order valence-electron chi connectivity index (χ3n) is 9.78. The van der Waals surface area contributed by atoms with Crippen molar-refractivity contribution in [1.82, 2.24) is 8.75 Å². The van der Waals surface area contributed by atoms with Gasteiger partial charge in [0.05, 0.1) is 11.7 Å². The highest BCUT2D eigenvalue weighted by Crippen LogP contribution is 2.50. The van der Waals surface area contributed by atoms with Crippen molar-refractivity contribution in [3.8, 4) is 20.9 Å². The first-order chi connectivity index (χ1) is 21.9. The molecule has 0 radical (unpaired) electrons. The lowest BCUT2D eigenvalue weighted by atomic mass is 9.74. The third-order valence-corrected chi connectivity index (χ3v) is 15.5. The molecule has 1 aromatic carbocycles. The summed E-state index contributed by atoms with van der Waals surface area (Å²) in [6.45, 7) is 14.1. The fourth-order valence-corrected chi connectivity index (χ4v) is 14.1.